The lowest BCUT2D eigenvalue weighted by atomic mass is 9.89. The number of hydrogen-bond acceptors (Lipinski definition) is 3. The number of anilines is 3. The minimum Gasteiger partial charge on any atom is -0.456 e. The van der Waals surface area contributed by atoms with Crippen LogP contribution >= 0.6 is 0 Å². The fraction of sp³-hybridized carbons (Fsp3) is 0. The van der Waals surface area contributed by atoms with Crippen LogP contribution in [0.2, 0.25) is 0 Å². The number of nitrogens with one attached hydrogen (secondary N) is 1. The van der Waals surface area contributed by atoms with Gasteiger partial charge < -0.3 is 9.32 Å². The average molecular weight is 667 g/mol. The maximum Gasteiger partial charge on any atom is 0.161 e. The van der Waals surface area contributed by atoms with Crippen LogP contribution in [0.5, 0.6) is 0 Å². The fourth-order valence-electron chi connectivity index (χ4n) is 7.51. The maximum absolute atomic E-state index is 9.13. The Labute approximate surface area is 300 Å². The van der Waals surface area contributed by atoms with Gasteiger partial charge in [-0.3, -0.25) is 5.41 Å². The van der Waals surface area contributed by atoms with E-state index in [0.717, 1.165) is 50.1 Å². The summed E-state index contributed by atoms with van der Waals surface area (Å²) in [6.45, 7) is 0. The van der Waals surface area contributed by atoms with E-state index in [1.165, 1.54) is 32.7 Å². The summed E-state index contributed by atoms with van der Waals surface area (Å²) in [6.07, 6.45) is 1.82. The summed E-state index contributed by atoms with van der Waals surface area (Å²) in [7, 11) is 0. The van der Waals surface area contributed by atoms with E-state index in [0.29, 0.717) is 11.4 Å². The van der Waals surface area contributed by atoms with Gasteiger partial charge in [-0.1, -0.05) is 127 Å². The van der Waals surface area contributed by atoms with Crippen LogP contribution in [0.25, 0.3) is 54.6 Å². The van der Waals surface area contributed by atoms with Crippen molar-refractivity contribution in [1.82, 2.24) is 0 Å². The van der Waals surface area contributed by atoms with Crippen LogP contribution in [0.3, 0.4) is 0 Å². The summed E-state index contributed by atoms with van der Waals surface area (Å²) < 4.78 is 6.09. The molecule has 0 saturated carbocycles. The smallest absolute Gasteiger partial charge is 0.161 e. The number of furan rings is 1. The number of fused-ring (bicyclic) bond motifs is 6. The SMILES string of the molecule is N=C(N=C(N=Cc1ccc(N2c3cc4ccccc4cc3-c3cccc4cccc2c34)cc1)c1ccccc1)c1cccc2oc3ccccc3c12. The third kappa shape index (κ3) is 4.90. The van der Waals surface area contributed by atoms with Crippen molar-refractivity contribution in [3.8, 4) is 11.1 Å². The third-order valence-corrected chi connectivity index (χ3v) is 9.91. The van der Waals surface area contributed by atoms with Gasteiger partial charge in [-0.05, 0) is 69.8 Å². The molecule has 0 radical (unpaired) electrons. The maximum atomic E-state index is 9.13. The second kappa shape index (κ2) is 12.0. The Morgan fingerprint density at radius 3 is 2.10 bits per heavy atom. The van der Waals surface area contributed by atoms with Crippen molar-refractivity contribution in [3.63, 3.8) is 0 Å². The number of amidine groups is 2. The van der Waals surface area contributed by atoms with E-state index in [2.05, 4.69) is 102 Å². The molecule has 0 fully saturated rings. The Kier molecular flexibility index (Phi) is 6.89. The van der Waals surface area contributed by atoms with Crippen molar-refractivity contribution >= 4 is 78.4 Å². The first-order chi connectivity index (χ1) is 25.7. The number of benzene rings is 8. The largest absolute Gasteiger partial charge is 0.456 e. The van der Waals surface area contributed by atoms with Crippen LogP contribution in [-0.4, -0.2) is 17.9 Å². The molecule has 5 heteroatoms. The van der Waals surface area contributed by atoms with E-state index >= 15 is 0 Å². The first-order valence-corrected chi connectivity index (χ1v) is 17.3. The molecule has 244 valence electrons. The highest BCUT2D eigenvalue weighted by molar-refractivity contribution is 6.21. The van der Waals surface area contributed by atoms with E-state index < -0.39 is 0 Å². The van der Waals surface area contributed by atoms with Crippen molar-refractivity contribution in [2.75, 3.05) is 4.90 Å². The number of nitrogens with zero attached hydrogens (tertiary/aromatic N) is 3. The first-order valence-electron chi connectivity index (χ1n) is 17.3. The molecule has 8 aromatic carbocycles. The summed E-state index contributed by atoms with van der Waals surface area (Å²) in [5.41, 5.74) is 9.82. The fourth-order valence-corrected chi connectivity index (χ4v) is 7.51. The summed E-state index contributed by atoms with van der Waals surface area (Å²) in [4.78, 5) is 12.1. The zero-order valence-corrected chi connectivity index (χ0v) is 28.0. The predicted molar refractivity (Wildman–Crippen MR) is 216 cm³/mol. The van der Waals surface area contributed by atoms with Crippen LogP contribution in [0.1, 0.15) is 16.7 Å². The molecule has 9 aromatic rings. The molecule has 1 N–H and O–H groups in total. The molecule has 1 aliphatic heterocycles. The predicted octanol–water partition coefficient (Wildman–Crippen LogP) is 12.2. The van der Waals surface area contributed by atoms with Gasteiger partial charge in [0, 0.05) is 44.8 Å². The normalized spacial score (nSPS) is 12.7. The molecule has 0 amide bonds. The molecule has 0 atom stereocenters. The standard InChI is InChI=1S/C47H30N4O/c48-46(38-19-10-22-43-45(38)37-17-6-7-21-42(37)52-43)50-47(32-11-2-1-3-12-32)49-29-30-23-25-35(26-24-30)51-40-20-9-16-31-15-8-18-36(44(31)40)39-27-33-13-4-5-14-34(33)28-41(39)51/h1-29,48H. The highest BCUT2D eigenvalue weighted by Crippen LogP contribution is 2.51. The van der Waals surface area contributed by atoms with E-state index in [9.17, 15) is 0 Å². The molecule has 0 spiro atoms. The lowest BCUT2D eigenvalue weighted by Gasteiger charge is -2.34. The summed E-state index contributed by atoms with van der Waals surface area (Å²) in [5.74, 6) is 0.578. The molecule has 10 rings (SSSR count). The van der Waals surface area contributed by atoms with Crippen molar-refractivity contribution in [2.45, 2.75) is 0 Å². The van der Waals surface area contributed by atoms with Crippen molar-refractivity contribution in [1.29, 1.82) is 5.41 Å². The van der Waals surface area contributed by atoms with Gasteiger partial charge >= 0.3 is 0 Å². The molecular weight excluding hydrogens is 637 g/mol. The molecule has 1 aliphatic rings. The monoisotopic (exact) mass is 666 g/mol. The summed E-state index contributed by atoms with van der Waals surface area (Å²) in [6, 6.07) is 58.3. The highest BCUT2D eigenvalue weighted by Gasteiger charge is 2.26. The number of para-hydroxylation sites is 1. The van der Waals surface area contributed by atoms with Crippen LogP contribution in [0.15, 0.2) is 184 Å². The number of hydrogen-bond donors (Lipinski definition) is 1. The topological polar surface area (TPSA) is 65.0 Å². The van der Waals surface area contributed by atoms with Gasteiger partial charge in [0.2, 0.25) is 0 Å². The Bertz CT molecular complexity index is 2920. The third-order valence-electron chi connectivity index (χ3n) is 9.91. The molecule has 0 bridgehead atoms. The van der Waals surface area contributed by atoms with Gasteiger partial charge in [-0.15, -0.1) is 0 Å². The molecule has 1 aromatic heterocycles. The Hall–Kier alpha value is -7.11. The molecule has 2 heterocycles. The molecule has 5 nitrogen and oxygen atoms in total. The van der Waals surface area contributed by atoms with Crippen LogP contribution in [-0.2, 0) is 0 Å². The van der Waals surface area contributed by atoms with Gasteiger partial charge in [0.1, 0.15) is 11.2 Å². The van der Waals surface area contributed by atoms with Crippen LogP contribution in [0, 0.1) is 5.41 Å². The molecule has 52 heavy (non-hydrogen) atoms. The average Bonchev–Trinajstić information content (AvgIpc) is 3.59. The quantitative estimate of drug-likeness (QED) is 0.150. The van der Waals surface area contributed by atoms with Crippen LogP contribution in [0.4, 0.5) is 17.1 Å². The van der Waals surface area contributed by atoms with Gasteiger partial charge in [-0.2, -0.15) is 0 Å². The first kappa shape index (κ1) is 29.8. The van der Waals surface area contributed by atoms with Crippen molar-refractivity contribution in [2.24, 2.45) is 9.98 Å². The zero-order valence-electron chi connectivity index (χ0n) is 28.0. The zero-order chi connectivity index (χ0) is 34.6. The summed E-state index contributed by atoms with van der Waals surface area (Å²) >= 11 is 0. The number of rotatable bonds is 4. The van der Waals surface area contributed by atoms with E-state index in [4.69, 9.17) is 19.8 Å². The molecule has 0 unspecified atom stereocenters. The van der Waals surface area contributed by atoms with Crippen molar-refractivity contribution in [3.05, 3.63) is 187 Å². The minimum atomic E-state index is 0.120. The number of aliphatic imine (C=N–C) groups is 2. The Balaban J connectivity index is 1.04. The van der Waals surface area contributed by atoms with Gasteiger partial charge in [-0.25, -0.2) is 9.98 Å². The van der Waals surface area contributed by atoms with Crippen molar-refractivity contribution < 1.29 is 4.42 Å². The highest BCUT2D eigenvalue weighted by atomic mass is 16.3. The lowest BCUT2D eigenvalue weighted by Crippen LogP contribution is -2.15. The summed E-state index contributed by atoms with van der Waals surface area (Å²) in [5, 5.41) is 15.9. The Morgan fingerprint density at radius 1 is 0.558 bits per heavy atom. The van der Waals surface area contributed by atoms with Gasteiger partial charge in [0.25, 0.3) is 0 Å². The van der Waals surface area contributed by atoms with E-state index in [-0.39, 0.29) is 5.84 Å². The van der Waals surface area contributed by atoms with Gasteiger partial charge in [0.15, 0.2) is 11.7 Å². The van der Waals surface area contributed by atoms with Crippen LogP contribution < -0.4 is 4.90 Å². The molecular formula is C47H30N4O. The second-order valence-electron chi connectivity index (χ2n) is 13.0. The molecule has 0 saturated heterocycles. The lowest BCUT2D eigenvalue weighted by molar-refractivity contribution is 0.669. The molecule has 0 aliphatic carbocycles. The van der Waals surface area contributed by atoms with E-state index in [1.54, 1.807) is 0 Å². The Morgan fingerprint density at radius 2 is 1.25 bits per heavy atom. The van der Waals surface area contributed by atoms with Gasteiger partial charge in [0.05, 0.1) is 11.4 Å². The minimum absolute atomic E-state index is 0.120. The second-order valence-corrected chi connectivity index (χ2v) is 13.0. The van der Waals surface area contributed by atoms with E-state index in [1.807, 2.05) is 79.0 Å².